The second-order valence-electron chi connectivity index (χ2n) is 7.23. The number of nitrogens with zero attached hydrogens (tertiary/aromatic N) is 2. The average molecular weight is 380 g/mol. The van der Waals surface area contributed by atoms with Gasteiger partial charge in [-0.3, -0.25) is 0 Å². The van der Waals surface area contributed by atoms with Crippen LogP contribution < -0.4 is 0 Å². The van der Waals surface area contributed by atoms with E-state index in [1.165, 1.54) is 18.1 Å². The number of hydrogen-bond acceptors (Lipinski definition) is 7. The predicted octanol–water partition coefficient (Wildman–Crippen LogP) is 1.81. The Hall–Kier alpha value is -2.68. The first kappa shape index (κ1) is 20.6. The molecule has 0 bridgehead atoms. The van der Waals surface area contributed by atoms with Gasteiger partial charge in [0.25, 0.3) is 0 Å². The molecule has 1 aromatic rings. The molecule has 2 rings (SSSR count). The van der Waals surface area contributed by atoms with Crippen molar-refractivity contribution < 1.29 is 33.7 Å². The van der Waals surface area contributed by atoms with Crippen molar-refractivity contribution >= 4 is 18.0 Å². The van der Waals surface area contributed by atoms with Crippen LogP contribution in [0.3, 0.4) is 0 Å². The SMILES string of the molecule is COC(=O)c1cccc(C2(OCC(=O)O)CCN(C(=O)OC(C)(C)C)C2)n1. The van der Waals surface area contributed by atoms with Crippen LogP contribution in [0.4, 0.5) is 4.79 Å². The third-order valence-electron chi connectivity index (χ3n) is 3.97. The standard InChI is InChI=1S/C18H24N2O7/c1-17(2,3)27-16(24)20-9-8-18(11-20,26-10-14(21)22)13-7-5-6-12(19-13)15(23)25-4/h5-7H,8-11H2,1-4H3,(H,21,22). The maximum absolute atomic E-state index is 12.4. The van der Waals surface area contributed by atoms with Crippen LogP contribution in [0.2, 0.25) is 0 Å². The number of methoxy groups -OCH3 is 1. The molecule has 1 aliphatic rings. The number of esters is 1. The Kier molecular flexibility index (Phi) is 6.04. The molecule has 9 nitrogen and oxygen atoms in total. The van der Waals surface area contributed by atoms with Crippen LogP contribution in [0.15, 0.2) is 18.2 Å². The smallest absolute Gasteiger partial charge is 0.410 e. The topological polar surface area (TPSA) is 115 Å². The van der Waals surface area contributed by atoms with E-state index in [-0.39, 0.29) is 12.2 Å². The Morgan fingerprint density at radius 2 is 2.00 bits per heavy atom. The molecule has 1 aromatic heterocycles. The maximum atomic E-state index is 12.4. The van der Waals surface area contributed by atoms with Gasteiger partial charge in [0.15, 0.2) is 0 Å². The highest BCUT2D eigenvalue weighted by atomic mass is 16.6. The summed E-state index contributed by atoms with van der Waals surface area (Å²) in [5, 5.41) is 9.02. The van der Waals surface area contributed by atoms with E-state index in [9.17, 15) is 14.4 Å². The van der Waals surface area contributed by atoms with Crippen molar-refractivity contribution in [2.45, 2.75) is 38.4 Å². The molecule has 1 unspecified atom stereocenters. The summed E-state index contributed by atoms with van der Waals surface area (Å²) in [5.74, 6) is -1.76. The minimum absolute atomic E-state index is 0.0623. The van der Waals surface area contributed by atoms with Gasteiger partial charge >= 0.3 is 18.0 Å². The van der Waals surface area contributed by atoms with Crippen molar-refractivity contribution in [3.05, 3.63) is 29.6 Å². The van der Waals surface area contributed by atoms with E-state index < -0.39 is 35.8 Å². The molecule has 0 spiro atoms. The van der Waals surface area contributed by atoms with E-state index in [0.29, 0.717) is 18.7 Å². The van der Waals surface area contributed by atoms with Crippen LogP contribution in [0.5, 0.6) is 0 Å². The average Bonchev–Trinajstić information content (AvgIpc) is 3.04. The lowest BCUT2D eigenvalue weighted by molar-refractivity contribution is -0.150. The van der Waals surface area contributed by atoms with Crippen LogP contribution in [0, 0.1) is 0 Å². The summed E-state index contributed by atoms with van der Waals surface area (Å²) in [7, 11) is 1.24. The monoisotopic (exact) mass is 380 g/mol. The number of hydrogen-bond donors (Lipinski definition) is 1. The number of carbonyl (C=O) groups excluding carboxylic acids is 2. The minimum atomic E-state index is -1.15. The van der Waals surface area contributed by atoms with Crippen LogP contribution in [-0.4, -0.2) is 65.4 Å². The highest BCUT2D eigenvalue weighted by Gasteiger charge is 2.45. The summed E-state index contributed by atoms with van der Waals surface area (Å²) in [4.78, 5) is 40.9. The third kappa shape index (κ3) is 5.16. The molecule has 9 heteroatoms. The molecule has 0 aromatic carbocycles. The lowest BCUT2D eigenvalue weighted by Crippen LogP contribution is -2.40. The predicted molar refractivity (Wildman–Crippen MR) is 93.3 cm³/mol. The quantitative estimate of drug-likeness (QED) is 0.769. The van der Waals surface area contributed by atoms with Crippen LogP contribution in [-0.2, 0) is 24.6 Å². The van der Waals surface area contributed by atoms with Gasteiger partial charge in [-0.15, -0.1) is 0 Å². The van der Waals surface area contributed by atoms with Gasteiger partial charge in [0, 0.05) is 13.0 Å². The number of amides is 1. The highest BCUT2D eigenvalue weighted by molar-refractivity contribution is 5.87. The van der Waals surface area contributed by atoms with E-state index in [4.69, 9.17) is 14.6 Å². The van der Waals surface area contributed by atoms with Crippen LogP contribution >= 0.6 is 0 Å². The molecule has 0 aliphatic carbocycles. The second-order valence-corrected chi connectivity index (χ2v) is 7.23. The van der Waals surface area contributed by atoms with Gasteiger partial charge < -0.3 is 24.2 Å². The summed E-state index contributed by atoms with van der Waals surface area (Å²) in [5.41, 5.74) is -1.38. The summed E-state index contributed by atoms with van der Waals surface area (Å²) in [6, 6.07) is 4.73. The van der Waals surface area contributed by atoms with Gasteiger partial charge in [0.1, 0.15) is 23.5 Å². The van der Waals surface area contributed by atoms with Gasteiger partial charge in [-0.2, -0.15) is 0 Å². The third-order valence-corrected chi connectivity index (χ3v) is 3.97. The Morgan fingerprint density at radius 3 is 2.59 bits per heavy atom. The van der Waals surface area contributed by atoms with Gasteiger partial charge in [-0.25, -0.2) is 19.4 Å². The van der Waals surface area contributed by atoms with E-state index in [1.54, 1.807) is 32.9 Å². The number of ether oxygens (including phenoxy) is 3. The highest BCUT2D eigenvalue weighted by Crippen LogP contribution is 2.35. The first-order chi connectivity index (χ1) is 12.6. The Bertz CT molecular complexity index is 729. The molecule has 27 heavy (non-hydrogen) atoms. The summed E-state index contributed by atoms with van der Waals surface area (Å²) in [6.07, 6.45) is -0.204. The Balaban J connectivity index is 2.31. The zero-order valence-electron chi connectivity index (χ0n) is 15.9. The molecule has 1 N–H and O–H groups in total. The van der Waals surface area contributed by atoms with Crippen LogP contribution in [0.1, 0.15) is 43.4 Å². The van der Waals surface area contributed by atoms with E-state index >= 15 is 0 Å². The number of carbonyl (C=O) groups is 3. The van der Waals surface area contributed by atoms with E-state index in [0.717, 1.165) is 0 Å². The molecule has 148 valence electrons. The fourth-order valence-corrected chi connectivity index (χ4v) is 2.77. The van der Waals surface area contributed by atoms with Gasteiger partial charge in [-0.1, -0.05) is 6.07 Å². The molecule has 1 atom stereocenters. The van der Waals surface area contributed by atoms with Crippen molar-refractivity contribution in [1.82, 2.24) is 9.88 Å². The maximum Gasteiger partial charge on any atom is 0.410 e. The van der Waals surface area contributed by atoms with E-state index in [2.05, 4.69) is 9.72 Å². The normalized spacial score (nSPS) is 19.6. The first-order valence-corrected chi connectivity index (χ1v) is 8.46. The molecule has 2 heterocycles. The number of rotatable bonds is 5. The van der Waals surface area contributed by atoms with Crippen LogP contribution in [0.25, 0.3) is 0 Å². The molecule has 0 saturated carbocycles. The van der Waals surface area contributed by atoms with Crippen molar-refractivity contribution in [2.24, 2.45) is 0 Å². The van der Waals surface area contributed by atoms with Crippen molar-refractivity contribution in [3.8, 4) is 0 Å². The first-order valence-electron chi connectivity index (χ1n) is 8.46. The minimum Gasteiger partial charge on any atom is -0.480 e. The van der Waals surface area contributed by atoms with Crippen molar-refractivity contribution in [2.75, 3.05) is 26.8 Å². The number of carboxylic acid groups (broad SMARTS) is 1. The van der Waals surface area contributed by atoms with Gasteiger partial charge in [0.05, 0.1) is 19.3 Å². The fraction of sp³-hybridized carbons (Fsp3) is 0.556. The summed E-state index contributed by atoms with van der Waals surface area (Å²) in [6.45, 7) is 5.08. The number of aliphatic carboxylic acids is 1. The molecule has 1 saturated heterocycles. The molecular weight excluding hydrogens is 356 g/mol. The molecule has 1 aliphatic heterocycles. The number of carboxylic acids is 1. The largest absolute Gasteiger partial charge is 0.480 e. The number of pyridine rings is 1. The zero-order chi connectivity index (χ0) is 20.2. The van der Waals surface area contributed by atoms with Gasteiger partial charge in [-0.05, 0) is 32.9 Å². The fourth-order valence-electron chi connectivity index (χ4n) is 2.77. The Labute approximate surface area is 157 Å². The lowest BCUT2D eigenvalue weighted by Gasteiger charge is -2.29. The van der Waals surface area contributed by atoms with E-state index in [1.807, 2.05) is 0 Å². The molecular formula is C18H24N2O7. The molecule has 1 amide bonds. The zero-order valence-corrected chi connectivity index (χ0v) is 15.9. The summed E-state index contributed by atoms with van der Waals surface area (Å²) < 4.78 is 15.7. The number of likely N-dealkylation sites (tertiary alicyclic amines) is 1. The molecule has 1 fully saturated rings. The Morgan fingerprint density at radius 1 is 1.30 bits per heavy atom. The summed E-state index contributed by atoms with van der Waals surface area (Å²) >= 11 is 0. The second kappa shape index (κ2) is 7.91. The van der Waals surface area contributed by atoms with Crippen molar-refractivity contribution in [1.29, 1.82) is 0 Å². The number of aromatic nitrogens is 1. The lowest BCUT2D eigenvalue weighted by atomic mass is 9.97. The van der Waals surface area contributed by atoms with Crippen molar-refractivity contribution in [3.63, 3.8) is 0 Å². The van der Waals surface area contributed by atoms with Gasteiger partial charge in [0.2, 0.25) is 0 Å². The molecule has 0 radical (unpaired) electrons.